The maximum absolute atomic E-state index is 12.7. The fraction of sp³-hybridized carbons (Fsp3) is 0.100. The lowest BCUT2D eigenvalue weighted by molar-refractivity contribution is -0.115. The van der Waals surface area contributed by atoms with Crippen LogP contribution < -0.4 is 0 Å². The Morgan fingerprint density at radius 2 is 1.37 bits per heavy atom. The van der Waals surface area contributed by atoms with E-state index in [0.717, 1.165) is 13.8 Å². The molecule has 0 heterocycles. The molecule has 0 bridgehead atoms. The van der Waals surface area contributed by atoms with Gasteiger partial charge in [-0.05, 0) is 13.8 Å². The van der Waals surface area contributed by atoms with Crippen molar-refractivity contribution in [2.24, 2.45) is 0 Å². The van der Waals surface area contributed by atoms with Gasteiger partial charge in [0, 0.05) is 12.1 Å². The standard InChI is InChI=1S/C20H14O10/c1-5(21)11-7(23)3-9(25)13(17(11)27)15-19(29)16(20(15)30)14-10(26)4-8(24)12(6(2)22)18(14)28/h3-4,23-25,27-29H,1-2H3/b16-14+. The van der Waals surface area contributed by atoms with Gasteiger partial charge in [-0.1, -0.05) is 0 Å². The summed E-state index contributed by atoms with van der Waals surface area (Å²) in [4.78, 5) is 48.2. The Morgan fingerprint density at radius 1 is 0.767 bits per heavy atom. The first-order valence-electron chi connectivity index (χ1n) is 8.31. The molecule has 0 radical (unpaired) electrons. The van der Waals surface area contributed by atoms with Crippen molar-refractivity contribution in [2.45, 2.75) is 13.8 Å². The summed E-state index contributed by atoms with van der Waals surface area (Å²) in [7, 11) is 0. The third kappa shape index (κ3) is 2.65. The highest BCUT2D eigenvalue weighted by atomic mass is 16.3. The van der Waals surface area contributed by atoms with E-state index >= 15 is 0 Å². The average Bonchev–Trinajstić information content (AvgIpc) is 2.60. The third-order valence-corrected chi connectivity index (χ3v) is 4.64. The molecule has 0 saturated heterocycles. The Morgan fingerprint density at radius 3 is 1.87 bits per heavy atom. The van der Waals surface area contributed by atoms with Gasteiger partial charge in [0.05, 0.1) is 22.3 Å². The minimum absolute atomic E-state index is 0.584. The number of Topliss-reactive ketones (excluding diaryl/α,β-unsaturated/α-hetero) is 3. The summed E-state index contributed by atoms with van der Waals surface area (Å²) in [5.41, 5.74) is -4.07. The van der Waals surface area contributed by atoms with Crippen molar-refractivity contribution in [3.63, 3.8) is 0 Å². The molecule has 0 aliphatic heterocycles. The highest BCUT2D eigenvalue weighted by Gasteiger charge is 2.44. The van der Waals surface area contributed by atoms with Gasteiger partial charge in [-0.2, -0.15) is 0 Å². The minimum atomic E-state index is -1.11. The van der Waals surface area contributed by atoms with Crippen LogP contribution in [-0.2, 0) is 14.4 Å². The number of aromatic hydroxyl groups is 3. The molecular weight excluding hydrogens is 400 g/mol. The third-order valence-electron chi connectivity index (χ3n) is 4.64. The molecule has 0 spiro atoms. The number of hydrogen-bond acceptors (Lipinski definition) is 10. The number of aliphatic hydroxyl groups excluding tert-OH is 3. The molecule has 1 aromatic carbocycles. The van der Waals surface area contributed by atoms with Gasteiger partial charge < -0.3 is 30.6 Å². The zero-order chi connectivity index (χ0) is 22.7. The molecule has 0 saturated carbocycles. The fourth-order valence-corrected chi connectivity index (χ4v) is 3.32. The van der Waals surface area contributed by atoms with Gasteiger partial charge in [-0.25, -0.2) is 0 Å². The molecule has 10 nitrogen and oxygen atoms in total. The van der Waals surface area contributed by atoms with Gasteiger partial charge in [0.15, 0.2) is 17.3 Å². The number of phenolic OH excluding ortho intramolecular Hbond substituents is 3. The van der Waals surface area contributed by atoms with Crippen molar-refractivity contribution < 1.29 is 49.8 Å². The molecule has 0 unspecified atom stereocenters. The maximum Gasteiger partial charge on any atom is 0.202 e. The fourth-order valence-electron chi connectivity index (χ4n) is 3.32. The molecule has 0 aromatic heterocycles. The van der Waals surface area contributed by atoms with Gasteiger partial charge in [-0.3, -0.25) is 19.2 Å². The number of aliphatic hydroxyl groups is 3. The minimum Gasteiger partial charge on any atom is -0.507 e. The van der Waals surface area contributed by atoms with E-state index < -0.39 is 91.1 Å². The summed E-state index contributed by atoms with van der Waals surface area (Å²) >= 11 is 0. The quantitative estimate of drug-likeness (QED) is 0.313. The zero-order valence-corrected chi connectivity index (χ0v) is 15.5. The van der Waals surface area contributed by atoms with E-state index in [-0.39, 0.29) is 0 Å². The monoisotopic (exact) mass is 414 g/mol. The van der Waals surface area contributed by atoms with Crippen LogP contribution in [0.4, 0.5) is 0 Å². The van der Waals surface area contributed by atoms with Crippen molar-refractivity contribution >= 4 is 28.7 Å². The lowest BCUT2D eigenvalue weighted by Crippen LogP contribution is -2.28. The molecule has 1 aromatic rings. The highest BCUT2D eigenvalue weighted by Crippen LogP contribution is 2.49. The number of rotatable bonds is 3. The Balaban J connectivity index is 2.31. The van der Waals surface area contributed by atoms with Crippen molar-refractivity contribution in [3.05, 3.63) is 57.3 Å². The number of carbonyl (C=O) groups excluding carboxylic acids is 4. The van der Waals surface area contributed by atoms with Crippen LogP contribution in [-0.4, -0.2) is 53.8 Å². The van der Waals surface area contributed by atoms with Crippen LogP contribution in [0, 0.1) is 0 Å². The van der Waals surface area contributed by atoms with Gasteiger partial charge in [0.2, 0.25) is 5.78 Å². The Hall–Kier alpha value is -4.34. The van der Waals surface area contributed by atoms with Gasteiger partial charge in [0.25, 0.3) is 0 Å². The van der Waals surface area contributed by atoms with E-state index in [1.165, 1.54) is 0 Å². The van der Waals surface area contributed by atoms with Crippen LogP contribution in [0.15, 0.2) is 46.1 Å². The van der Waals surface area contributed by atoms with Crippen LogP contribution in [0.25, 0.3) is 5.57 Å². The van der Waals surface area contributed by atoms with Crippen LogP contribution >= 0.6 is 0 Å². The van der Waals surface area contributed by atoms with Crippen molar-refractivity contribution in [1.29, 1.82) is 0 Å². The Labute approximate surface area is 167 Å². The molecule has 3 rings (SSSR count). The summed E-state index contributed by atoms with van der Waals surface area (Å²) in [6.45, 7) is 2.00. The second kappa shape index (κ2) is 6.62. The van der Waals surface area contributed by atoms with Crippen LogP contribution in [0.5, 0.6) is 17.2 Å². The predicted octanol–water partition coefficient (Wildman–Crippen LogP) is 1.58. The number of carbonyl (C=O) groups is 4. The van der Waals surface area contributed by atoms with Crippen molar-refractivity contribution in [1.82, 2.24) is 0 Å². The number of phenols is 3. The average molecular weight is 414 g/mol. The first-order chi connectivity index (χ1) is 13.9. The lowest BCUT2D eigenvalue weighted by Gasteiger charge is -2.26. The SMILES string of the molecule is CC(=O)C1=C(O)/C(=C2/C(=O)C(c3c(O)cc(O)c(C(C)=O)c3O)=C2O)C(=O)C=C1O. The highest BCUT2D eigenvalue weighted by molar-refractivity contribution is 6.42. The molecule has 2 aliphatic rings. The van der Waals surface area contributed by atoms with E-state index in [1.807, 2.05) is 0 Å². The molecule has 154 valence electrons. The number of allylic oxidation sites excluding steroid dienone is 5. The van der Waals surface area contributed by atoms with E-state index in [9.17, 15) is 49.8 Å². The normalized spacial score (nSPS) is 19.1. The smallest absolute Gasteiger partial charge is 0.202 e. The van der Waals surface area contributed by atoms with Crippen molar-refractivity contribution in [3.8, 4) is 17.2 Å². The number of benzene rings is 1. The van der Waals surface area contributed by atoms with E-state index in [4.69, 9.17) is 0 Å². The maximum atomic E-state index is 12.7. The summed E-state index contributed by atoms with van der Waals surface area (Å²) < 4.78 is 0. The molecule has 6 N–H and O–H groups in total. The Bertz CT molecular complexity index is 1220. The second-order valence-corrected chi connectivity index (χ2v) is 6.55. The largest absolute Gasteiger partial charge is 0.507 e. The second-order valence-electron chi connectivity index (χ2n) is 6.55. The summed E-state index contributed by atoms with van der Waals surface area (Å²) in [6.07, 6.45) is 0.584. The topological polar surface area (TPSA) is 190 Å². The summed E-state index contributed by atoms with van der Waals surface area (Å²) in [5.74, 6) is -9.14. The molecule has 30 heavy (non-hydrogen) atoms. The van der Waals surface area contributed by atoms with E-state index in [1.54, 1.807) is 0 Å². The van der Waals surface area contributed by atoms with Gasteiger partial charge in [-0.15, -0.1) is 0 Å². The molecule has 2 aliphatic carbocycles. The first kappa shape index (κ1) is 20.4. The van der Waals surface area contributed by atoms with Crippen LogP contribution in [0.1, 0.15) is 29.8 Å². The van der Waals surface area contributed by atoms with E-state index in [2.05, 4.69) is 0 Å². The molecule has 0 fully saturated rings. The van der Waals surface area contributed by atoms with Crippen molar-refractivity contribution in [2.75, 3.05) is 0 Å². The predicted molar refractivity (Wildman–Crippen MR) is 99.1 cm³/mol. The lowest BCUT2D eigenvalue weighted by atomic mass is 9.77. The molecule has 10 heteroatoms. The van der Waals surface area contributed by atoms with Crippen LogP contribution in [0.2, 0.25) is 0 Å². The molecule has 0 atom stereocenters. The van der Waals surface area contributed by atoms with E-state index in [0.29, 0.717) is 12.1 Å². The number of ketones is 4. The first-order valence-corrected chi connectivity index (χ1v) is 8.31. The molecule has 0 amide bonds. The van der Waals surface area contributed by atoms with Crippen LogP contribution in [0.3, 0.4) is 0 Å². The van der Waals surface area contributed by atoms with Gasteiger partial charge in [0.1, 0.15) is 45.7 Å². The number of hydrogen-bond donors (Lipinski definition) is 6. The Kier molecular flexibility index (Phi) is 4.50. The summed E-state index contributed by atoms with van der Waals surface area (Å²) in [6, 6.07) is 0.683. The summed E-state index contributed by atoms with van der Waals surface area (Å²) in [5, 5.41) is 60.4. The van der Waals surface area contributed by atoms with Gasteiger partial charge >= 0.3 is 0 Å². The zero-order valence-electron chi connectivity index (χ0n) is 15.5. The molecular formula is C20H14O10.